The van der Waals surface area contributed by atoms with Crippen LogP contribution in [0.25, 0.3) is 10.9 Å². The van der Waals surface area contributed by atoms with Gasteiger partial charge in [-0.3, -0.25) is 19.7 Å². The molecule has 27 heavy (non-hydrogen) atoms. The first-order valence-electron chi connectivity index (χ1n) is 8.42. The zero-order chi connectivity index (χ0) is 19.0. The van der Waals surface area contributed by atoms with E-state index in [1.165, 1.54) is 23.5 Å². The van der Waals surface area contributed by atoms with Crippen molar-refractivity contribution in [2.45, 2.75) is 0 Å². The van der Waals surface area contributed by atoms with Gasteiger partial charge < -0.3 is 14.8 Å². The van der Waals surface area contributed by atoms with Gasteiger partial charge in [-0.1, -0.05) is 6.07 Å². The van der Waals surface area contributed by atoms with Crippen LogP contribution in [-0.2, 0) is 0 Å². The molecule has 1 aromatic carbocycles. The van der Waals surface area contributed by atoms with Crippen molar-refractivity contribution in [3.05, 3.63) is 62.5 Å². The van der Waals surface area contributed by atoms with Gasteiger partial charge in [0.1, 0.15) is 0 Å². The SMILES string of the molecule is O=C(c1cccs1)N1CCN(C(=O)c2c[nH]c3ccc([N+](=O)[O-])cc23)CC1. The number of nitro groups is 1. The Morgan fingerprint density at radius 3 is 2.41 bits per heavy atom. The monoisotopic (exact) mass is 384 g/mol. The van der Waals surface area contributed by atoms with E-state index >= 15 is 0 Å². The molecular weight excluding hydrogens is 368 g/mol. The summed E-state index contributed by atoms with van der Waals surface area (Å²) >= 11 is 1.40. The third-order valence-corrected chi connectivity index (χ3v) is 5.55. The molecule has 0 aliphatic carbocycles. The minimum absolute atomic E-state index is 0.0141. The van der Waals surface area contributed by atoms with Gasteiger partial charge in [0.05, 0.1) is 15.4 Å². The van der Waals surface area contributed by atoms with Gasteiger partial charge in [0, 0.05) is 55.4 Å². The largest absolute Gasteiger partial charge is 0.360 e. The number of nitrogens with one attached hydrogen (secondary N) is 1. The van der Waals surface area contributed by atoms with Crippen molar-refractivity contribution in [1.82, 2.24) is 14.8 Å². The molecule has 1 aliphatic rings. The Hall–Kier alpha value is -3.20. The van der Waals surface area contributed by atoms with E-state index in [9.17, 15) is 19.7 Å². The number of amides is 2. The molecule has 0 bridgehead atoms. The number of nitro benzene ring substituents is 1. The summed E-state index contributed by atoms with van der Waals surface area (Å²) in [5.74, 6) is -0.204. The maximum absolute atomic E-state index is 12.9. The first-order chi connectivity index (χ1) is 13.0. The highest BCUT2D eigenvalue weighted by molar-refractivity contribution is 7.12. The number of aromatic amines is 1. The highest BCUT2D eigenvalue weighted by atomic mass is 32.1. The van der Waals surface area contributed by atoms with Crippen LogP contribution in [0.15, 0.2) is 41.9 Å². The summed E-state index contributed by atoms with van der Waals surface area (Å²) in [6.07, 6.45) is 1.58. The first-order valence-corrected chi connectivity index (χ1v) is 9.30. The predicted molar refractivity (Wildman–Crippen MR) is 101 cm³/mol. The molecule has 2 amide bonds. The maximum Gasteiger partial charge on any atom is 0.270 e. The van der Waals surface area contributed by atoms with Crippen LogP contribution in [0.2, 0.25) is 0 Å². The molecule has 1 saturated heterocycles. The summed E-state index contributed by atoms with van der Waals surface area (Å²) in [5, 5.41) is 13.4. The molecule has 0 saturated carbocycles. The third-order valence-electron chi connectivity index (χ3n) is 4.69. The minimum atomic E-state index is -0.477. The topological polar surface area (TPSA) is 99.6 Å². The number of thiophene rings is 1. The summed E-state index contributed by atoms with van der Waals surface area (Å²) < 4.78 is 0. The standard InChI is InChI=1S/C18H16N4O4S/c23-17(14-11-19-15-4-3-12(22(25)26)10-13(14)15)20-5-7-21(8-6-20)18(24)16-2-1-9-27-16/h1-4,9-11,19H,5-8H2. The average molecular weight is 384 g/mol. The number of rotatable bonds is 3. The van der Waals surface area contributed by atoms with E-state index in [1.54, 1.807) is 28.1 Å². The molecule has 1 aliphatic heterocycles. The van der Waals surface area contributed by atoms with Crippen molar-refractivity contribution in [1.29, 1.82) is 0 Å². The molecule has 0 atom stereocenters. The van der Waals surface area contributed by atoms with E-state index in [1.807, 2.05) is 11.4 Å². The van der Waals surface area contributed by atoms with Crippen LogP contribution < -0.4 is 0 Å². The van der Waals surface area contributed by atoms with E-state index in [4.69, 9.17) is 0 Å². The van der Waals surface area contributed by atoms with Crippen molar-refractivity contribution in [3.63, 3.8) is 0 Å². The number of piperazine rings is 1. The third kappa shape index (κ3) is 3.17. The number of hydrogen-bond donors (Lipinski definition) is 1. The maximum atomic E-state index is 12.9. The molecule has 138 valence electrons. The smallest absolute Gasteiger partial charge is 0.270 e. The summed E-state index contributed by atoms with van der Waals surface area (Å²) in [6.45, 7) is 1.78. The zero-order valence-electron chi connectivity index (χ0n) is 14.3. The molecule has 8 nitrogen and oxygen atoms in total. The fraction of sp³-hybridized carbons (Fsp3) is 0.222. The lowest BCUT2D eigenvalue weighted by Crippen LogP contribution is -2.50. The van der Waals surface area contributed by atoms with Crippen molar-refractivity contribution in [2.24, 2.45) is 0 Å². The molecule has 3 aromatic rings. The highest BCUT2D eigenvalue weighted by Gasteiger charge is 2.27. The summed E-state index contributed by atoms with van der Waals surface area (Å²) in [7, 11) is 0. The van der Waals surface area contributed by atoms with E-state index < -0.39 is 4.92 Å². The lowest BCUT2D eigenvalue weighted by atomic mass is 10.1. The van der Waals surface area contributed by atoms with Crippen LogP contribution >= 0.6 is 11.3 Å². The fourth-order valence-corrected chi connectivity index (χ4v) is 3.93. The molecule has 4 rings (SSSR count). The van der Waals surface area contributed by atoms with Gasteiger partial charge in [0.2, 0.25) is 0 Å². The van der Waals surface area contributed by atoms with Crippen LogP contribution in [0.1, 0.15) is 20.0 Å². The van der Waals surface area contributed by atoms with Crippen LogP contribution in [0, 0.1) is 10.1 Å². The number of fused-ring (bicyclic) bond motifs is 1. The van der Waals surface area contributed by atoms with E-state index in [2.05, 4.69) is 4.98 Å². The van der Waals surface area contributed by atoms with Gasteiger partial charge >= 0.3 is 0 Å². The number of carbonyl (C=O) groups is 2. The minimum Gasteiger partial charge on any atom is -0.360 e. The molecule has 1 fully saturated rings. The number of aromatic nitrogens is 1. The second kappa shape index (κ2) is 6.84. The van der Waals surface area contributed by atoms with Gasteiger partial charge in [-0.15, -0.1) is 11.3 Å². The van der Waals surface area contributed by atoms with Crippen molar-refractivity contribution < 1.29 is 14.5 Å². The van der Waals surface area contributed by atoms with Crippen molar-refractivity contribution in [3.8, 4) is 0 Å². The van der Waals surface area contributed by atoms with Crippen molar-refractivity contribution >= 4 is 39.7 Å². The van der Waals surface area contributed by atoms with Gasteiger partial charge in [0.15, 0.2) is 0 Å². The highest BCUT2D eigenvalue weighted by Crippen LogP contribution is 2.25. The zero-order valence-corrected chi connectivity index (χ0v) is 15.1. The molecule has 1 N–H and O–H groups in total. The van der Waals surface area contributed by atoms with Gasteiger partial charge in [-0.2, -0.15) is 0 Å². The Labute approximate surface area is 158 Å². The Balaban J connectivity index is 1.50. The lowest BCUT2D eigenvalue weighted by Gasteiger charge is -2.34. The molecular formula is C18H16N4O4S. The fourth-order valence-electron chi connectivity index (χ4n) is 3.24. The summed E-state index contributed by atoms with van der Waals surface area (Å²) in [6, 6.07) is 8.05. The second-order valence-corrected chi connectivity index (χ2v) is 7.20. The summed E-state index contributed by atoms with van der Waals surface area (Å²) in [5.41, 5.74) is 1.03. The van der Waals surface area contributed by atoms with E-state index in [0.717, 1.165) is 0 Å². The van der Waals surface area contributed by atoms with Crippen LogP contribution in [0.5, 0.6) is 0 Å². The normalized spacial score (nSPS) is 14.5. The molecule has 0 radical (unpaired) electrons. The van der Waals surface area contributed by atoms with Crippen LogP contribution in [-0.4, -0.2) is 57.7 Å². The molecule has 3 heterocycles. The van der Waals surface area contributed by atoms with Gasteiger partial charge in [-0.25, -0.2) is 0 Å². The van der Waals surface area contributed by atoms with E-state index in [0.29, 0.717) is 47.5 Å². The summed E-state index contributed by atoms with van der Waals surface area (Å²) in [4.78, 5) is 42.9. The molecule has 0 spiro atoms. The van der Waals surface area contributed by atoms with E-state index in [-0.39, 0.29) is 17.5 Å². The number of nitrogens with zero attached hydrogens (tertiary/aromatic N) is 3. The van der Waals surface area contributed by atoms with Gasteiger partial charge in [-0.05, 0) is 17.5 Å². The Kier molecular flexibility index (Phi) is 4.36. The lowest BCUT2D eigenvalue weighted by molar-refractivity contribution is -0.384. The number of carbonyl (C=O) groups excluding carboxylic acids is 2. The number of benzene rings is 1. The molecule has 9 heteroatoms. The van der Waals surface area contributed by atoms with Gasteiger partial charge in [0.25, 0.3) is 17.5 Å². The van der Waals surface area contributed by atoms with Crippen LogP contribution in [0.4, 0.5) is 5.69 Å². The average Bonchev–Trinajstić information content (AvgIpc) is 3.36. The number of hydrogen-bond acceptors (Lipinski definition) is 5. The first kappa shape index (κ1) is 17.2. The van der Waals surface area contributed by atoms with Crippen molar-refractivity contribution in [2.75, 3.05) is 26.2 Å². The molecule has 0 unspecified atom stereocenters. The second-order valence-electron chi connectivity index (χ2n) is 6.25. The Morgan fingerprint density at radius 2 is 1.78 bits per heavy atom. The quantitative estimate of drug-likeness (QED) is 0.554. The Morgan fingerprint density at radius 1 is 1.07 bits per heavy atom. The number of H-pyrrole nitrogens is 1. The number of non-ortho nitro benzene ring substituents is 1. The molecule has 2 aromatic heterocycles. The van der Waals surface area contributed by atoms with Crippen LogP contribution in [0.3, 0.4) is 0 Å². The Bertz CT molecular complexity index is 1020. The predicted octanol–water partition coefficient (Wildman–Crippen LogP) is 2.74.